The summed E-state index contributed by atoms with van der Waals surface area (Å²) in [6.07, 6.45) is 10.8. The Kier molecular flexibility index (Phi) is 3.15. The fourth-order valence-corrected chi connectivity index (χ4v) is 3.87. The summed E-state index contributed by atoms with van der Waals surface area (Å²) in [7, 11) is 0. The zero-order chi connectivity index (χ0) is 17.6. The Morgan fingerprint density at radius 3 is 3.08 bits per heavy atom. The minimum atomic E-state index is -0.305. The first kappa shape index (κ1) is 14.8. The van der Waals surface area contributed by atoms with Crippen molar-refractivity contribution in [1.82, 2.24) is 29.9 Å². The second-order valence-electron chi connectivity index (χ2n) is 6.72. The van der Waals surface area contributed by atoms with Crippen LogP contribution in [0, 0.1) is 11.3 Å². The lowest BCUT2D eigenvalue weighted by molar-refractivity contribution is 0.0964. The SMILES string of the molecule is N#CC[C@]1(n2cc(-c3ncnc4[nH]ccc34)cn2)C[C@H](c2ccon2)C1. The van der Waals surface area contributed by atoms with E-state index in [4.69, 9.17) is 4.52 Å². The molecule has 0 aliphatic heterocycles. The number of fused-ring (bicyclic) bond motifs is 1. The highest BCUT2D eigenvalue weighted by Crippen LogP contribution is 2.51. The largest absolute Gasteiger partial charge is 0.365 e. The van der Waals surface area contributed by atoms with E-state index in [1.165, 1.54) is 0 Å². The summed E-state index contributed by atoms with van der Waals surface area (Å²) in [4.78, 5) is 11.7. The lowest BCUT2D eigenvalue weighted by Crippen LogP contribution is -2.45. The summed E-state index contributed by atoms with van der Waals surface area (Å²) in [6.45, 7) is 0. The number of rotatable bonds is 4. The Morgan fingerprint density at radius 1 is 1.35 bits per heavy atom. The van der Waals surface area contributed by atoms with Crippen molar-refractivity contribution >= 4 is 11.0 Å². The van der Waals surface area contributed by atoms with Gasteiger partial charge in [0.2, 0.25) is 0 Å². The van der Waals surface area contributed by atoms with Gasteiger partial charge in [-0.1, -0.05) is 5.16 Å². The Bertz CT molecular complexity index is 1100. The molecule has 0 amide bonds. The predicted molar refractivity (Wildman–Crippen MR) is 91.8 cm³/mol. The van der Waals surface area contributed by atoms with Crippen molar-refractivity contribution in [1.29, 1.82) is 5.26 Å². The predicted octanol–water partition coefficient (Wildman–Crippen LogP) is 3.00. The van der Waals surface area contributed by atoms with E-state index in [-0.39, 0.29) is 5.54 Å². The van der Waals surface area contributed by atoms with Crippen LogP contribution in [0.4, 0.5) is 0 Å². The number of hydrogen-bond acceptors (Lipinski definition) is 6. The highest BCUT2D eigenvalue weighted by atomic mass is 16.5. The van der Waals surface area contributed by atoms with Crippen LogP contribution in [0.25, 0.3) is 22.3 Å². The van der Waals surface area contributed by atoms with Crippen molar-refractivity contribution in [2.24, 2.45) is 0 Å². The Hall–Kier alpha value is -3.47. The van der Waals surface area contributed by atoms with Crippen LogP contribution >= 0.6 is 0 Å². The van der Waals surface area contributed by atoms with E-state index >= 15 is 0 Å². The Balaban J connectivity index is 1.49. The molecule has 0 spiro atoms. The maximum absolute atomic E-state index is 9.33. The average molecular weight is 345 g/mol. The minimum absolute atomic E-state index is 0.296. The monoisotopic (exact) mass is 345 g/mol. The van der Waals surface area contributed by atoms with E-state index in [1.54, 1.807) is 18.8 Å². The number of aromatic nitrogens is 6. The molecular weight excluding hydrogens is 330 g/mol. The molecule has 0 atom stereocenters. The van der Waals surface area contributed by atoms with E-state index in [2.05, 4.69) is 31.3 Å². The van der Waals surface area contributed by atoms with Crippen LogP contribution in [-0.2, 0) is 5.54 Å². The Morgan fingerprint density at radius 2 is 2.27 bits per heavy atom. The molecule has 0 unspecified atom stereocenters. The molecule has 0 radical (unpaired) electrons. The molecule has 8 heteroatoms. The van der Waals surface area contributed by atoms with Crippen molar-refractivity contribution in [3.05, 3.63) is 49.0 Å². The lowest BCUT2D eigenvalue weighted by atomic mass is 9.65. The fourth-order valence-electron chi connectivity index (χ4n) is 3.87. The van der Waals surface area contributed by atoms with Crippen LogP contribution in [0.15, 0.2) is 47.8 Å². The third kappa shape index (κ3) is 2.14. The molecular formula is C18H15N7O. The van der Waals surface area contributed by atoms with Crippen LogP contribution in [-0.4, -0.2) is 29.9 Å². The van der Waals surface area contributed by atoms with Gasteiger partial charge < -0.3 is 9.51 Å². The van der Waals surface area contributed by atoms with E-state index in [0.29, 0.717) is 12.3 Å². The molecule has 5 rings (SSSR count). The molecule has 128 valence electrons. The maximum atomic E-state index is 9.33. The van der Waals surface area contributed by atoms with Gasteiger partial charge in [0, 0.05) is 35.3 Å². The van der Waals surface area contributed by atoms with E-state index < -0.39 is 0 Å². The summed E-state index contributed by atoms with van der Waals surface area (Å²) in [5.41, 5.74) is 3.18. The molecule has 4 heterocycles. The van der Waals surface area contributed by atoms with Gasteiger partial charge in [0.15, 0.2) is 0 Å². The smallest absolute Gasteiger partial charge is 0.141 e. The zero-order valence-electron chi connectivity index (χ0n) is 13.8. The number of nitriles is 1. The minimum Gasteiger partial charge on any atom is -0.365 e. The molecule has 0 bridgehead atoms. The molecule has 1 aliphatic carbocycles. The number of H-pyrrole nitrogens is 1. The first-order chi connectivity index (χ1) is 12.8. The summed E-state index contributed by atoms with van der Waals surface area (Å²) in [5.74, 6) is 0.296. The average Bonchev–Trinajstić information content (AvgIpc) is 3.38. The molecule has 0 aromatic carbocycles. The summed E-state index contributed by atoms with van der Waals surface area (Å²) in [5, 5.41) is 18.9. The first-order valence-corrected chi connectivity index (χ1v) is 8.40. The lowest BCUT2D eigenvalue weighted by Gasteiger charge is -2.45. The normalized spacial score (nSPS) is 22.2. The summed E-state index contributed by atoms with van der Waals surface area (Å²) < 4.78 is 6.87. The molecule has 1 aliphatic rings. The number of nitrogens with zero attached hydrogens (tertiary/aromatic N) is 6. The third-order valence-electron chi connectivity index (χ3n) is 5.23. The summed E-state index contributed by atoms with van der Waals surface area (Å²) >= 11 is 0. The van der Waals surface area contributed by atoms with Gasteiger partial charge in [-0.25, -0.2) is 9.97 Å². The second-order valence-corrected chi connectivity index (χ2v) is 6.72. The van der Waals surface area contributed by atoms with Gasteiger partial charge in [0.05, 0.1) is 35.6 Å². The number of nitrogens with one attached hydrogen (secondary N) is 1. The number of aromatic amines is 1. The topological polar surface area (TPSA) is 109 Å². The molecule has 1 N–H and O–H groups in total. The highest BCUT2D eigenvalue weighted by molar-refractivity contribution is 5.89. The maximum Gasteiger partial charge on any atom is 0.141 e. The summed E-state index contributed by atoms with van der Waals surface area (Å²) in [6, 6.07) is 6.16. The van der Waals surface area contributed by atoms with E-state index in [9.17, 15) is 5.26 Å². The van der Waals surface area contributed by atoms with Gasteiger partial charge in [-0.15, -0.1) is 0 Å². The van der Waals surface area contributed by atoms with E-state index in [1.807, 2.05) is 29.2 Å². The van der Waals surface area contributed by atoms with Crippen LogP contribution in [0.1, 0.15) is 30.9 Å². The van der Waals surface area contributed by atoms with E-state index in [0.717, 1.165) is 40.8 Å². The molecule has 0 saturated heterocycles. The van der Waals surface area contributed by atoms with Crippen LogP contribution in [0.5, 0.6) is 0 Å². The highest BCUT2D eigenvalue weighted by Gasteiger charge is 2.48. The van der Waals surface area contributed by atoms with Gasteiger partial charge in [0.1, 0.15) is 18.2 Å². The third-order valence-corrected chi connectivity index (χ3v) is 5.23. The van der Waals surface area contributed by atoms with Gasteiger partial charge in [-0.05, 0) is 18.9 Å². The van der Waals surface area contributed by atoms with Crippen LogP contribution in [0.2, 0.25) is 0 Å². The standard InChI is InChI=1S/C18H15N7O/c19-4-3-18(7-12(8-18)15-2-6-26-24-15)25-10-13(9-23-25)16-14-1-5-20-17(14)22-11-21-16/h1-2,5-6,9-12H,3,7-8H2,(H,20,21,22)/t12-,18-. The van der Waals surface area contributed by atoms with Crippen LogP contribution < -0.4 is 0 Å². The van der Waals surface area contributed by atoms with Gasteiger partial charge in [-0.2, -0.15) is 10.4 Å². The first-order valence-electron chi connectivity index (χ1n) is 8.40. The Labute approximate surface area is 148 Å². The molecule has 8 nitrogen and oxygen atoms in total. The quantitative estimate of drug-likeness (QED) is 0.609. The fraction of sp³-hybridized carbons (Fsp3) is 0.278. The zero-order valence-corrected chi connectivity index (χ0v) is 13.8. The molecule has 1 saturated carbocycles. The molecule has 4 aromatic heterocycles. The molecule has 26 heavy (non-hydrogen) atoms. The molecule has 4 aromatic rings. The van der Waals surface area contributed by atoms with Crippen molar-refractivity contribution < 1.29 is 4.52 Å². The van der Waals surface area contributed by atoms with Gasteiger partial charge in [-0.3, -0.25) is 4.68 Å². The van der Waals surface area contributed by atoms with Crippen molar-refractivity contribution in [2.45, 2.75) is 30.7 Å². The van der Waals surface area contributed by atoms with Crippen molar-refractivity contribution in [2.75, 3.05) is 0 Å². The van der Waals surface area contributed by atoms with Gasteiger partial charge >= 0.3 is 0 Å². The second kappa shape index (κ2) is 5.52. The van der Waals surface area contributed by atoms with Crippen molar-refractivity contribution in [3.8, 4) is 17.3 Å². The van der Waals surface area contributed by atoms with Crippen molar-refractivity contribution in [3.63, 3.8) is 0 Å². The number of hydrogen-bond donors (Lipinski definition) is 1. The van der Waals surface area contributed by atoms with Crippen LogP contribution in [0.3, 0.4) is 0 Å². The van der Waals surface area contributed by atoms with Gasteiger partial charge in [0.25, 0.3) is 0 Å². The molecule has 1 fully saturated rings.